The van der Waals surface area contributed by atoms with Crippen molar-refractivity contribution in [3.8, 4) is 5.75 Å². The molecule has 0 spiro atoms. The first-order chi connectivity index (χ1) is 10.3. The van der Waals surface area contributed by atoms with Crippen LogP contribution in [0.2, 0.25) is 0 Å². The van der Waals surface area contributed by atoms with Gasteiger partial charge in [0.15, 0.2) is 0 Å². The van der Waals surface area contributed by atoms with Gasteiger partial charge in [-0.15, -0.1) is 0 Å². The van der Waals surface area contributed by atoms with Crippen LogP contribution in [0.3, 0.4) is 0 Å². The Morgan fingerprint density at radius 1 is 1.29 bits per heavy atom. The fraction of sp³-hybridized carbons (Fsp3) is 0.389. The predicted octanol–water partition coefficient (Wildman–Crippen LogP) is 3.74. The summed E-state index contributed by atoms with van der Waals surface area (Å²) in [5, 5.41) is 0. The minimum atomic E-state index is 0.513. The fourth-order valence-electron chi connectivity index (χ4n) is 3.21. The molecule has 21 heavy (non-hydrogen) atoms. The van der Waals surface area contributed by atoms with Gasteiger partial charge in [-0.3, -0.25) is 9.88 Å². The molecule has 0 saturated carbocycles. The Labute approximate surface area is 126 Å². The lowest BCUT2D eigenvalue weighted by Gasteiger charge is -2.25. The highest BCUT2D eigenvalue weighted by Crippen LogP contribution is 2.34. The molecule has 0 radical (unpaired) electrons. The zero-order chi connectivity index (χ0) is 14.7. The monoisotopic (exact) mass is 282 g/mol. The molecule has 1 aromatic carbocycles. The van der Waals surface area contributed by atoms with Gasteiger partial charge >= 0.3 is 0 Å². The van der Waals surface area contributed by atoms with Crippen LogP contribution in [0.15, 0.2) is 42.6 Å². The van der Waals surface area contributed by atoms with Crippen LogP contribution in [0.25, 0.3) is 0 Å². The zero-order valence-electron chi connectivity index (χ0n) is 12.7. The average molecular weight is 282 g/mol. The second-order valence-electron chi connectivity index (χ2n) is 5.67. The molecule has 0 amide bonds. The Kier molecular flexibility index (Phi) is 4.20. The second kappa shape index (κ2) is 6.27. The quantitative estimate of drug-likeness (QED) is 0.854. The number of nitrogens with zero attached hydrogens (tertiary/aromatic N) is 2. The van der Waals surface area contributed by atoms with E-state index in [2.05, 4.69) is 41.1 Å². The molecule has 1 unspecified atom stereocenters. The zero-order valence-corrected chi connectivity index (χ0v) is 12.7. The van der Waals surface area contributed by atoms with Crippen molar-refractivity contribution >= 4 is 0 Å². The van der Waals surface area contributed by atoms with Gasteiger partial charge in [-0.2, -0.15) is 0 Å². The Morgan fingerprint density at radius 2 is 2.14 bits per heavy atom. The van der Waals surface area contributed by atoms with E-state index in [1.807, 2.05) is 18.3 Å². The van der Waals surface area contributed by atoms with Crippen molar-refractivity contribution in [2.75, 3.05) is 13.7 Å². The molecule has 2 aromatic rings. The van der Waals surface area contributed by atoms with Crippen LogP contribution in [0.5, 0.6) is 5.75 Å². The number of methoxy groups -OCH3 is 1. The van der Waals surface area contributed by atoms with E-state index in [1.54, 1.807) is 7.11 Å². The lowest BCUT2D eigenvalue weighted by Crippen LogP contribution is -2.23. The maximum absolute atomic E-state index is 5.29. The Balaban J connectivity index is 1.79. The third kappa shape index (κ3) is 3.08. The van der Waals surface area contributed by atoms with Gasteiger partial charge in [0.2, 0.25) is 0 Å². The number of hydrogen-bond donors (Lipinski definition) is 0. The van der Waals surface area contributed by atoms with Crippen molar-refractivity contribution in [3.63, 3.8) is 0 Å². The van der Waals surface area contributed by atoms with Crippen LogP contribution in [0.4, 0.5) is 0 Å². The summed E-state index contributed by atoms with van der Waals surface area (Å²) in [5.41, 5.74) is 3.92. The van der Waals surface area contributed by atoms with Gasteiger partial charge in [0.05, 0.1) is 12.8 Å². The number of hydrogen-bond acceptors (Lipinski definition) is 3. The molecule has 3 heteroatoms. The molecule has 0 bridgehead atoms. The van der Waals surface area contributed by atoms with E-state index in [0.29, 0.717) is 6.04 Å². The van der Waals surface area contributed by atoms with Gasteiger partial charge in [0.1, 0.15) is 5.75 Å². The molecule has 1 aromatic heterocycles. The number of rotatable bonds is 4. The smallest absolute Gasteiger partial charge is 0.122 e. The maximum Gasteiger partial charge on any atom is 0.122 e. The first-order valence-electron chi connectivity index (χ1n) is 7.56. The minimum absolute atomic E-state index is 0.513. The standard InChI is InChI=1S/C18H22N2O/c1-14-6-3-4-7-17(14)18-8-5-11-20(18)13-15-12-16(21-2)9-10-19-15/h3-4,6-7,9-10,12,18H,5,8,11,13H2,1-2H3. The summed E-state index contributed by atoms with van der Waals surface area (Å²) in [4.78, 5) is 7.01. The highest BCUT2D eigenvalue weighted by Gasteiger charge is 2.27. The largest absolute Gasteiger partial charge is 0.497 e. The maximum atomic E-state index is 5.29. The predicted molar refractivity (Wildman–Crippen MR) is 84.4 cm³/mol. The Bertz CT molecular complexity index is 612. The Morgan fingerprint density at radius 3 is 2.95 bits per heavy atom. The topological polar surface area (TPSA) is 25.4 Å². The van der Waals surface area contributed by atoms with Gasteiger partial charge in [-0.05, 0) is 43.5 Å². The molecular weight excluding hydrogens is 260 g/mol. The van der Waals surface area contributed by atoms with Gasteiger partial charge in [0, 0.05) is 24.8 Å². The van der Waals surface area contributed by atoms with Crippen molar-refractivity contribution in [3.05, 3.63) is 59.4 Å². The first-order valence-corrected chi connectivity index (χ1v) is 7.56. The van der Waals surface area contributed by atoms with Crippen LogP contribution >= 0.6 is 0 Å². The van der Waals surface area contributed by atoms with Crippen LogP contribution in [0.1, 0.15) is 35.7 Å². The van der Waals surface area contributed by atoms with Crippen LogP contribution in [-0.2, 0) is 6.54 Å². The third-order valence-electron chi connectivity index (χ3n) is 4.30. The molecule has 110 valence electrons. The number of likely N-dealkylation sites (tertiary alicyclic amines) is 1. The third-order valence-corrected chi connectivity index (χ3v) is 4.30. The summed E-state index contributed by atoms with van der Waals surface area (Å²) in [6, 6.07) is 13.2. The van der Waals surface area contributed by atoms with Gasteiger partial charge < -0.3 is 4.74 Å². The molecule has 1 aliphatic heterocycles. The van der Waals surface area contributed by atoms with Gasteiger partial charge in [-0.25, -0.2) is 0 Å². The van der Waals surface area contributed by atoms with Crippen molar-refractivity contribution in [1.29, 1.82) is 0 Å². The lowest BCUT2D eigenvalue weighted by atomic mass is 9.99. The summed E-state index contributed by atoms with van der Waals surface area (Å²) in [6.07, 6.45) is 4.31. The van der Waals surface area contributed by atoms with E-state index in [0.717, 1.165) is 24.5 Å². The van der Waals surface area contributed by atoms with E-state index in [-0.39, 0.29) is 0 Å². The minimum Gasteiger partial charge on any atom is -0.497 e. The highest BCUT2D eigenvalue weighted by atomic mass is 16.5. The molecule has 1 saturated heterocycles. The van der Waals surface area contributed by atoms with Crippen molar-refractivity contribution in [2.45, 2.75) is 32.4 Å². The van der Waals surface area contributed by atoms with E-state index in [1.165, 1.54) is 24.0 Å². The number of pyridine rings is 1. The summed E-state index contributed by atoms with van der Waals surface area (Å²) in [6.45, 7) is 4.23. The van der Waals surface area contributed by atoms with E-state index >= 15 is 0 Å². The van der Waals surface area contributed by atoms with Crippen molar-refractivity contribution in [2.24, 2.45) is 0 Å². The number of benzene rings is 1. The normalized spacial score (nSPS) is 18.9. The average Bonchev–Trinajstić information content (AvgIpc) is 2.96. The van der Waals surface area contributed by atoms with Gasteiger partial charge in [0.25, 0.3) is 0 Å². The fourth-order valence-corrected chi connectivity index (χ4v) is 3.21. The van der Waals surface area contributed by atoms with E-state index in [4.69, 9.17) is 4.74 Å². The van der Waals surface area contributed by atoms with Crippen LogP contribution < -0.4 is 4.74 Å². The molecule has 1 fully saturated rings. The molecule has 0 N–H and O–H groups in total. The van der Waals surface area contributed by atoms with Gasteiger partial charge in [-0.1, -0.05) is 24.3 Å². The summed E-state index contributed by atoms with van der Waals surface area (Å²) >= 11 is 0. The van der Waals surface area contributed by atoms with Crippen molar-refractivity contribution < 1.29 is 4.74 Å². The van der Waals surface area contributed by atoms with Crippen LogP contribution in [-0.4, -0.2) is 23.5 Å². The van der Waals surface area contributed by atoms with Crippen molar-refractivity contribution in [1.82, 2.24) is 9.88 Å². The molecule has 2 heterocycles. The molecule has 1 atom stereocenters. The van der Waals surface area contributed by atoms with E-state index in [9.17, 15) is 0 Å². The number of aromatic nitrogens is 1. The lowest BCUT2D eigenvalue weighted by molar-refractivity contribution is 0.244. The summed E-state index contributed by atoms with van der Waals surface area (Å²) in [7, 11) is 1.70. The number of ether oxygens (including phenoxy) is 1. The SMILES string of the molecule is COc1ccnc(CN2CCCC2c2ccccc2C)c1. The molecule has 0 aliphatic carbocycles. The first kappa shape index (κ1) is 14.1. The van der Waals surface area contributed by atoms with E-state index < -0.39 is 0 Å². The van der Waals surface area contributed by atoms with Crippen LogP contribution in [0, 0.1) is 6.92 Å². The molecule has 3 nitrogen and oxygen atoms in total. The summed E-state index contributed by atoms with van der Waals surface area (Å²) in [5.74, 6) is 0.881. The Hall–Kier alpha value is -1.87. The molecular formula is C18H22N2O. The molecule has 3 rings (SSSR count). The highest BCUT2D eigenvalue weighted by molar-refractivity contribution is 5.30. The summed E-state index contributed by atoms with van der Waals surface area (Å²) < 4.78 is 5.29. The molecule has 1 aliphatic rings. The number of aryl methyl sites for hydroxylation is 1. The second-order valence-corrected chi connectivity index (χ2v) is 5.67.